The molecule has 0 aromatic rings. The van der Waals surface area contributed by atoms with Gasteiger partial charge in [0.25, 0.3) is 5.91 Å². The van der Waals surface area contributed by atoms with E-state index in [0.717, 1.165) is 0 Å². The third-order valence-corrected chi connectivity index (χ3v) is 3.75. The SMILES string of the molecule is CCC(C)(OC)C(=O)NC1CCC(C(F)(F)F)NC1. The number of hydrogen-bond acceptors (Lipinski definition) is 3. The van der Waals surface area contributed by atoms with Gasteiger partial charge in [-0.2, -0.15) is 13.2 Å². The van der Waals surface area contributed by atoms with Gasteiger partial charge in [0, 0.05) is 19.7 Å². The normalized spacial score (nSPS) is 27.7. The lowest BCUT2D eigenvalue weighted by atomic mass is 9.97. The predicted octanol–water partition coefficient (Wildman–Crippen LogP) is 1.60. The van der Waals surface area contributed by atoms with Gasteiger partial charge in [0.15, 0.2) is 0 Å². The van der Waals surface area contributed by atoms with Crippen LogP contribution in [0.4, 0.5) is 13.2 Å². The van der Waals surface area contributed by atoms with Crippen molar-refractivity contribution in [1.29, 1.82) is 0 Å². The van der Waals surface area contributed by atoms with E-state index in [9.17, 15) is 18.0 Å². The Balaban J connectivity index is 2.48. The maximum Gasteiger partial charge on any atom is 0.403 e. The molecule has 112 valence electrons. The van der Waals surface area contributed by atoms with Crippen LogP contribution in [0.1, 0.15) is 33.1 Å². The Morgan fingerprint density at radius 2 is 2.05 bits per heavy atom. The van der Waals surface area contributed by atoms with Crippen molar-refractivity contribution in [2.24, 2.45) is 0 Å². The number of halogens is 3. The van der Waals surface area contributed by atoms with Gasteiger partial charge in [-0.25, -0.2) is 0 Å². The number of alkyl halides is 3. The number of piperidine rings is 1. The van der Waals surface area contributed by atoms with Crippen molar-refractivity contribution < 1.29 is 22.7 Å². The number of methoxy groups -OCH3 is 1. The van der Waals surface area contributed by atoms with Gasteiger partial charge in [0.2, 0.25) is 0 Å². The van der Waals surface area contributed by atoms with Crippen LogP contribution in [0.25, 0.3) is 0 Å². The first-order chi connectivity index (χ1) is 8.73. The molecule has 1 aliphatic heterocycles. The molecule has 1 aliphatic rings. The van der Waals surface area contributed by atoms with E-state index in [1.807, 2.05) is 6.92 Å². The third-order valence-electron chi connectivity index (χ3n) is 3.75. The summed E-state index contributed by atoms with van der Waals surface area (Å²) in [5.74, 6) is -0.283. The average Bonchev–Trinajstić information content (AvgIpc) is 2.37. The van der Waals surface area contributed by atoms with Crippen LogP contribution in [0.2, 0.25) is 0 Å². The minimum atomic E-state index is -4.22. The molecule has 1 amide bonds. The molecule has 0 aromatic heterocycles. The molecule has 3 unspecified atom stereocenters. The summed E-state index contributed by atoms with van der Waals surface area (Å²) in [6, 6.07) is -1.76. The van der Waals surface area contributed by atoms with Gasteiger partial charge < -0.3 is 15.4 Å². The van der Waals surface area contributed by atoms with Crippen molar-refractivity contribution in [3.63, 3.8) is 0 Å². The Morgan fingerprint density at radius 1 is 1.42 bits per heavy atom. The summed E-state index contributed by atoms with van der Waals surface area (Å²) >= 11 is 0. The number of nitrogens with one attached hydrogen (secondary N) is 2. The number of hydrogen-bond donors (Lipinski definition) is 2. The maximum atomic E-state index is 12.5. The first-order valence-corrected chi connectivity index (χ1v) is 6.39. The van der Waals surface area contributed by atoms with Crippen LogP contribution in [0.3, 0.4) is 0 Å². The molecule has 1 saturated heterocycles. The summed E-state index contributed by atoms with van der Waals surface area (Å²) < 4.78 is 42.5. The van der Waals surface area contributed by atoms with E-state index in [1.165, 1.54) is 7.11 Å². The van der Waals surface area contributed by atoms with Crippen molar-refractivity contribution in [2.45, 2.75) is 57.0 Å². The quantitative estimate of drug-likeness (QED) is 0.823. The highest BCUT2D eigenvalue weighted by atomic mass is 19.4. The Bertz CT molecular complexity index is 309. The van der Waals surface area contributed by atoms with Gasteiger partial charge in [-0.1, -0.05) is 6.92 Å². The molecule has 0 spiro atoms. The summed E-state index contributed by atoms with van der Waals surface area (Å²) in [7, 11) is 1.45. The van der Waals surface area contributed by atoms with E-state index in [4.69, 9.17) is 4.74 Å². The summed E-state index contributed by atoms with van der Waals surface area (Å²) in [5.41, 5.74) is -0.930. The number of ether oxygens (including phenoxy) is 1. The first kappa shape index (κ1) is 16.2. The second-order valence-electron chi connectivity index (χ2n) is 5.04. The molecular weight excluding hydrogens is 261 g/mol. The van der Waals surface area contributed by atoms with Gasteiger partial charge >= 0.3 is 6.18 Å². The molecule has 1 rings (SSSR count). The van der Waals surface area contributed by atoms with Gasteiger partial charge in [-0.05, 0) is 26.2 Å². The Morgan fingerprint density at radius 3 is 2.42 bits per heavy atom. The van der Waals surface area contributed by atoms with Crippen molar-refractivity contribution in [1.82, 2.24) is 10.6 Å². The lowest BCUT2D eigenvalue weighted by Gasteiger charge is -2.34. The van der Waals surface area contributed by atoms with Crippen LogP contribution in [-0.2, 0) is 9.53 Å². The van der Waals surface area contributed by atoms with Crippen LogP contribution < -0.4 is 10.6 Å². The van der Waals surface area contributed by atoms with Crippen LogP contribution in [0, 0.1) is 0 Å². The fourth-order valence-electron chi connectivity index (χ4n) is 1.99. The van der Waals surface area contributed by atoms with Crippen molar-refractivity contribution in [3.8, 4) is 0 Å². The van der Waals surface area contributed by atoms with E-state index in [2.05, 4.69) is 10.6 Å². The van der Waals surface area contributed by atoms with Crippen molar-refractivity contribution in [3.05, 3.63) is 0 Å². The van der Waals surface area contributed by atoms with E-state index in [1.54, 1.807) is 6.92 Å². The van der Waals surface area contributed by atoms with Gasteiger partial charge in [-0.15, -0.1) is 0 Å². The molecule has 4 nitrogen and oxygen atoms in total. The summed E-state index contributed by atoms with van der Waals surface area (Å²) in [6.07, 6.45) is -3.43. The smallest absolute Gasteiger partial charge is 0.369 e. The Labute approximate surface area is 111 Å². The molecule has 7 heteroatoms. The second-order valence-corrected chi connectivity index (χ2v) is 5.04. The lowest BCUT2D eigenvalue weighted by molar-refractivity contribution is -0.161. The molecule has 1 fully saturated rings. The topological polar surface area (TPSA) is 50.4 Å². The third kappa shape index (κ3) is 4.07. The molecule has 3 atom stereocenters. The zero-order chi connectivity index (χ0) is 14.7. The van der Waals surface area contributed by atoms with Crippen LogP contribution in [0.15, 0.2) is 0 Å². The Kier molecular flexibility index (Phi) is 5.20. The van der Waals surface area contributed by atoms with Gasteiger partial charge in [-0.3, -0.25) is 4.79 Å². The van der Waals surface area contributed by atoms with Gasteiger partial charge in [0.1, 0.15) is 11.6 Å². The Hall–Kier alpha value is -0.820. The van der Waals surface area contributed by atoms with Gasteiger partial charge in [0.05, 0.1) is 0 Å². The molecule has 0 radical (unpaired) electrons. The van der Waals surface area contributed by atoms with E-state index in [0.29, 0.717) is 12.8 Å². The highest BCUT2D eigenvalue weighted by molar-refractivity contribution is 5.85. The minimum absolute atomic E-state index is 0.0235. The van der Waals surface area contributed by atoms with E-state index < -0.39 is 17.8 Å². The maximum absolute atomic E-state index is 12.5. The van der Waals surface area contributed by atoms with Crippen LogP contribution >= 0.6 is 0 Å². The summed E-state index contributed by atoms with van der Waals surface area (Å²) in [5, 5.41) is 5.16. The molecule has 0 bridgehead atoms. The summed E-state index contributed by atoms with van der Waals surface area (Å²) in [6.45, 7) is 3.61. The fraction of sp³-hybridized carbons (Fsp3) is 0.917. The van der Waals surface area contributed by atoms with Crippen molar-refractivity contribution in [2.75, 3.05) is 13.7 Å². The number of amides is 1. The highest BCUT2D eigenvalue weighted by Gasteiger charge is 2.42. The van der Waals surface area contributed by atoms with E-state index >= 15 is 0 Å². The zero-order valence-corrected chi connectivity index (χ0v) is 11.4. The van der Waals surface area contributed by atoms with Crippen LogP contribution in [0.5, 0.6) is 0 Å². The standard InChI is InChI=1S/C12H21F3N2O2/c1-4-11(2,19-3)10(18)17-8-5-6-9(16-7-8)12(13,14)15/h8-9,16H,4-7H2,1-3H3,(H,17,18). The molecule has 0 saturated carbocycles. The largest absolute Gasteiger partial charge is 0.403 e. The number of carbonyl (C=O) groups is 1. The second kappa shape index (κ2) is 6.09. The molecule has 0 aromatic carbocycles. The predicted molar refractivity (Wildman–Crippen MR) is 64.7 cm³/mol. The monoisotopic (exact) mass is 282 g/mol. The molecule has 19 heavy (non-hydrogen) atoms. The highest BCUT2D eigenvalue weighted by Crippen LogP contribution is 2.26. The summed E-state index contributed by atoms with van der Waals surface area (Å²) in [4.78, 5) is 12.0. The van der Waals surface area contributed by atoms with Crippen LogP contribution in [-0.4, -0.2) is 43.4 Å². The molecule has 0 aliphatic carbocycles. The molecule has 1 heterocycles. The average molecular weight is 282 g/mol. The zero-order valence-electron chi connectivity index (χ0n) is 11.4. The van der Waals surface area contributed by atoms with Crippen molar-refractivity contribution >= 4 is 5.91 Å². The minimum Gasteiger partial charge on any atom is -0.369 e. The fourth-order valence-corrected chi connectivity index (χ4v) is 1.99. The number of rotatable bonds is 4. The first-order valence-electron chi connectivity index (χ1n) is 6.39. The molecular formula is C12H21F3N2O2. The molecule has 2 N–H and O–H groups in total. The van der Waals surface area contributed by atoms with E-state index in [-0.39, 0.29) is 24.9 Å². The number of carbonyl (C=O) groups excluding carboxylic acids is 1. The lowest BCUT2D eigenvalue weighted by Crippen LogP contribution is -2.57.